The largest absolute Gasteiger partial charge is 0.281 e. The molecule has 0 aromatic heterocycles. The van der Waals surface area contributed by atoms with Crippen molar-refractivity contribution in [2.45, 2.75) is 67.9 Å². The van der Waals surface area contributed by atoms with E-state index in [9.17, 15) is 9.59 Å². The quantitative estimate of drug-likeness (QED) is 0.493. The molecule has 0 atom stereocenters. The maximum atomic E-state index is 12.3. The zero-order valence-electron chi connectivity index (χ0n) is 11.6. The van der Waals surface area contributed by atoms with E-state index in [0.29, 0.717) is 13.0 Å². The van der Waals surface area contributed by atoms with Gasteiger partial charge in [-0.2, -0.15) is 0 Å². The molecule has 5 heteroatoms. The first kappa shape index (κ1) is 17.2. The molecule has 19 heavy (non-hydrogen) atoms. The van der Waals surface area contributed by atoms with Gasteiger partial charge in [0.15, 0.2) is 3.23 Å². The van der Waals surface area contributed by atoms with Gasteiger partial charge < -0.3 is 0 Å². The smallest absolute Gasteiger partial charge is 0.256 e. The Balaban J connectivity index is 2.43. The van der Waals surface area contributed by atoms with Crippen LogP contribution in [0.15, 0.2) is 0 Å². The number of likely N-dealkylation sites (tertiary alicyclic amines) is 1. The van der Waals surface area contributed by atoms with Crippen LogP contribution >= 0.6 is 31.9 Å². The summed E-state index contributed by atoms with van der Waals surface area (Å²) in [6.07, 6.45) is 8.64. The van der Waals surface area contributed by atoms with Crippen LogP contribution in [-0.4, -0.2) is 26.5 Å². The molecule has 1 aliphatic heterocycles. The molecule has 1 fully saturated rings. The molecule has 0 aliphatic carbocycles. The maximum absolute atomic E-state index is 12.3. The minimum Gasteiger partial charge on any atom is -0.281 e. The number of rotatable bonds is 6. The Hall–Kier alpha value is 0.1000. The van der Waals surface area contributed by atoms with Crippen LogP contribution in [0.25, 0.3) is 0 Å². The van der Waals surface area contributed by atoms with Crippen molar-refractivity contribution in [3.05, 3.63) is 0 Å². The molecular weight excluding hydrogens is 374 g/mol. The predicted molar refractivity (Wildman–Crippen MR) is 84.5 cm³/mol. The third kappa shape index (κ3) is 5.54. The van der Waals surface area contributed by atoms with Crippen molar-refractivity contribution < 1.29 is 9.59 Å². The van der Waals surface area contributed by atoms with Gasteiger partial charge in [0.25, 0.3) is 5.91 Å². The Morgan fingerprint density at radius 1 is 1.21 bits per heavy atom. The van der Waals surface area contributed by atoms with Crippen molar-refractivity contribution in [1.29, 1.82) is 0 Å². The lowest BCUT2D eigenvalue weighted by atomic mass is 10.1. The number of carbonyl (C=O) groups is 2. The molecule has 1 rings (SSSR count). The first-order chi connectivity index (χ1) is 8.99. The minimum atomic E-state index is -0.742. The Morgan fingerprint density at radius 3 is 2.58 bits per heavy atom. The summed E-state index contributed by atoms with van der Waals surface area (Å²) in [6, 6.07) is 0. The fourth-order valence-corrected chi connectivity index (χ4v) is 3.26. The number of nitrogens with zero attached hydrogens (tertiary/aromatic N) is 1. The zero-order chi connectivity index (χ0) is 14.3. The van der Waals surface area contributed by atoms with Gasteiger partial charge in [0, 0.05) is 13.0 Å². The molecule has 110 valence electrons. The Kier molecular flexibility index (Phi) is 7.58. The van der Waals surface area contributed by atoms with Crippen molar-refractivity contribution in [3.63, 3.8) is 0 Å². The van der Waals surface area contributed by atoms with Crippen LogP contribution in [0.4, 0.5) is 0 Å². The number of hydrogen-bond acceptors (Lipinski definition) is 2. The van der Waals surface area contributed by atoms with E-state index < -0.39 is 3.23 Å². The molecule has 0 unspecified atom stereocenters. The van der Waals surface area contributed by atoms with Crippen molar-refractivity contribution in [2.75, 3.05) is 6.54 Å². The van der Waals surface area contributed by atoms with E-state index in [1.54, 1.807) is 0 Å². The second-order valence-electron chi connectivity index (χ2n) is 5.18. The molecule has 0 bridgehead atoms. The summed E-state index contributed by atoms with van der Waals surface area (Å²) in [5.41, 5.74) is 0. The number of amides is 2. The average Bonchev–Trinajstić information content (AvgIpc) is 2.49. The molecule has 0 spiro atoms. The summed E-state index contributed by atoms with van der Waals surface area (Å²) in [4.78, 5) is 25.8. The predicted octanol–water partition coefficient (Wildman–Crippen LogP) is 4.37. The molecule has 3 nitrogen and oxygen atoms in total. The highest BCUT2D eigenvalue weighted by atomic mass is 79.9. The highest BCUT2D eigenvalue weighted by Gasteiger charge is 2.39. The number of imide groups is 1. The highest BCUT2D eigenvalue weighted by molar-refractivity contribution is 9.25. The van der Waals surface area contributed by atoms with Gasteiger partial charge in [0.05, 0.1) is 0 Å². The Morgan fingerprint density at radius 2 is 1.89 bits per heavy atom. The standard InChI is InChI=1S/C14H23Br2NO2/c1-2-3-4-5-6-9-12(18)17-11-8-7-10-14(15,16)13(17)19/h2-11H2,1H3. The van der Waals surface area contributed by atoms with Crippen molar-refractivity contribution in [2.24, 2.45) is 0 Å². The molecule has 1 heterocycles. The molecule has 0 N–H and O–H groups in total. The highest BCUT2D eigenvalue weighted by Crippen LogP contribution is 2.36. The molecule has 0 aromatic rings. The van der Waals surface area contributed by atoms with Gasteiger partial charge in [0.1, 0.15) is 0 Å². The molecule has 0 saturated carbocycles. The van der Waals surface area contributed by atoms with Gasteiger partial charge in [-0.1, -0.05) is 64.5 Å². The van der Waals surface area contributed by atoms with Crippen LogP contribution in [0.5, 0.6) is 0 Å². The lowest BCUT2D eigenvalue weighted by Gasteiger charge is -2.24. The number of hydrogen-bond donors (Lipinski definition) is 0. The normalized spacial score (nSPS) is 19.3. The van der Waals surface area contributed by atoms with E-state index >= 15 is 0 Å². The topological polar surface area (TPSA) is 37.4 Å². The molecular formula is C14H23Br2NO2. The monoisotopic (exact) mass is 395 g/mol. The lowest BCUT2D eigenvalue weighted by molar-refractivity contribution is -0.144. The average molecular weight is 397 g/mol. The van der Waals surface area contributed by atoms with E-state index in [1.165, 1.54) is 24.2 Å². The van der Waals surface area contributed by atoms with E-state index in [-0.39, 0.29) is 11.8 Å². The van der Waals surface area contributed by atoms with Crippen LogP contribution in [-0.2, 0) is 9.59 Å². The van der Waals surface area contributed by atoms with E-state index in [4.69, 9.17) is 0 Å². The summed E-state index contributed by atoms with van der Waals surface area (Å²) >= 11 is 6.78. The van der Waals surface area contributed by atoms with Crippen LogP contribution in [0, 0.1) is 0 Å². The summed E-state index contributed by atoms with van der Waals surface area (Å²) in [6.45, 7) is 2.73. The maximum Gasteiger partial charge on any atom is 0.256 e. The fraction of sp³-hybridized carbons (Fsp3) is 0.857. The Labute approximate surface area is 132 Å². The summed E-state index contributed by atoms with van der Waals surface area (Å²) in [7, 11) is 0. The Bertz CT molecular complexity index is 319. The molecule has 1 aliphatic rings. The van der Waals surface area contributed by atoms with E-state index in [2.05, 4.69) is 38.8 Å². The van der Waals surface area contributed by atoms with Crippen LogP contribution < -0.4 is 0 Å². The van der Waals surface area contributed by atoms with Crippen molar-refractivity contribution in [3.8, 4) is 0 Å². The zero-order valence-corrected chi connectivity index (χ0v) is 14.8. The molecule has 2 amide bonds. The van der Waals surface area contributed by atoms with Crippen LogP contribution in [0.2, 0.25) is 0 Å². The van der Waals surface area contributed by atoms with Gasteiger partial charge in [-0.3, -0.25) is 14.5 Å². The first-order valence-corrected chi connectivity index (χ1v) is 8.80. The van der Waals surface area contributed by atoms with Crippen LogP contribution in [0.3, 0.4) is 0 Å². The molecule has 1 saturated heterocycles. The number of halogens is 2. The number of carbonyl (C=O) groups excluding carboxylic acids is 2. The summed E-state index contributed by atoms with van der Waals surface area (Å²) in [5, 5.41) is 0. The van der Waals surface area contributed by atoms with Gasteiger partial charge in [-0.25, -0.2) is 0 Å². The third-order valence-corrected chi connectivity index (χ3v) is 4.95. The van der Waals surface area contributed by atoms with E-state index in [0.717, 1.165) is 32.1 Å². The van der Waals surface area contributed by atoms with Gasteiger partial charge >= 0.3 is 0 Å². The lowest BCUT2D eigenvalue weighted by Crippen LogP contribution is -2.43. The van der Waals surface area contributed by atoms with Crippen molar-refractivity contribution in [1.82, 2.24) is 4.90 Å². The molecule has 0 aromatic carbocycles. The first-order valence-electron chi connectivity index (χ1n) is 7.21. The van der Waals surface area contributed by atoms with Gasteiger partial charge in [0.2, 0.25) is 5.91 Å². The second kappa shape index (κ2) is 8.40. The van der Waals surface area contributed by atoms with E-state index in [1.807, 2.05) is 0 Å². The summed E-state index contributed by atoms with van der Waals surface area (Å²) in [5.74, 6) is -0.157. The number of alkyl halides is 2. The number of unbranched alkanes of at least 4 members (excludes halogenated alkanes) is 4. The molecule has 0 radical (unpaired) electrons. The van der Waals surface area contributed by atoms with Crippen LogP contribution in [0.1, 0.15) is 64.7 Å². The summed E-state index contributed by atoms with van der Waals surface area (Å²) < 4.78 is -0.742. The minimum absolute atomic E-state index is 0.0216. The van der Waals surface area contributed by atoms with Crippen molar-refractivity contribution >= 4 is 43.7 Å². The third-order valence-electron chi connectivity index (χ3n) is 3.48. The van der Waals surface area contributed by atoms with Gasteiger partial charge in [-0.15, -0.1) is 0 Å². The second-order valence-corrected chi connectivity index (χ2v) is 8.95. The fourth-order valence-electron chi connectivity index (χ4n) is 2.28. The SMILES string of the molecule is CCCCCCCC(=O)N1CCCCC(Br)(Br)C1=O. The van der Waals surface area contributed by atoms with Gasteiger partial charge in [-0.05, 0) is 25.7 Å².